The highest BCUT2D eigenvalue weighted by Crippen LogP contribution is 2.10. The fraction of sp³-hybridized carbons (Fsp3) is 0.615. The normalized spacial score (nSPS) is 10.2. The number of hydrogen-bond donors (Lipinski definition) is 0. The monoisotopic (exact) mass is 470 g/mol. The van der Waals surface area contributed by atoms with Crippen molar-refractivity contribution in [1.29, 1.82) is 0 Å². The molecule has 1 unspecified atom stereocenters. The molecule has 7 nitrogen and oxygen atoms in total. The molecule has 0 aliphatic rings. The molecule has 1 atom stereocenters. The summed E-state index contributed by atoms with van der Waals surface area (Å²) in [4.78, 5) is 32.0. The van der Waals surface area contributed by atoms with Crippen LogP contribution in [0.1, 0.15) is 52.5 Å². The van der Waals surface area contributed by atoms with E-state index in [1.165, 1.54) is 5.56 Å². The van der Waals surface area contributed by atoms with Crippen molar-refractivity contribution in [2.75, 3.05) is 33.0 Å². The summed E-state index contributed by atoms with van der Waals surface area (Å²) in [5, 5.41) is 0. The van der Waals surface area contributed by atoms with E-state index in [9.17, 15) is 0 Å². The minimum Gasteiger partial charge on any atom is -0.381 e. The molecule has 0 saturated carbocycles. The van der Waals surface area contributed by atoms with E-state index in [4.69, 9.17) is 33.4 Å². The van der Waals surface area contributed by atoms with E-state index in [0.717, 1.165) is 52.3 Å². The van der Waals surface area contributed by atoms with E-state index >= 15 is 0 Å². The fourth-order valence-electron chi connectivity index (χ4n) is 2.37. The Morgan fingerprint density at radius 2 is 1.03 bits per heavy atom. The van der Waals surface area contributed by atoms with Crippen LogP contribution in [0.2, 0.25) is 0 Å². The van der Waals surface area contributed by atoms with Crippen LogP contribution in [0.15, 0.2) is 30.3 Å². The van der Waals surface area contributed by atoms with E-state index in [-0.39, 0.29) is 0 Å². The van der Waals surface area contributed by atoms with Crippen LogP contribution >= 0.6 is 0 Å². The second-order valence-corrected chi connectivity index (χ2v) is 7.71. The van der Waals surface area contributed by atoms with Gasteiger partial charge in [0.25, 0.3) is 0 Å². The van der Waals surface area contributed by atoms with Crippen LogP contribution in [0.3, 0.4) is 0 Å². The van der Waals surface area contributed by atoms with Crippen molar-refractivity contribution in [1.82, 2.24) is 0 Å². The minimum absolute atomic E-state index is 0.398. The number of rotatable bonds is 15. The molecule has 0 aliphatic heterocycles. The molecule has 0 aromatic heterocycles. The van der Waals surface area contributed by atoms with Crippen LogP contribution in [0.5, 0.6) is 0 Å². The van der Waals surface area contributed by atoms with Gasteiger partial charge in [-0.1, -0.05) is 58.0 Å². The summed E-state index contributed by atoms with van der Waals surface area (Å²) in [5.74, 6) is 1.78. The van der Waals surface area contributed by atoms with Crippen LogP contribution in [0, 0.1) is 17.8 Å². The number of carbonyl (C=O) groups excluding carboxylic acids is 4. The molecule has 0 radical (unpaired) electrons. The van der Waals surface area contributed by atoms with Gasteiger partial charge in [0.05, 0.1) is 19.8 Å². The molecule has 192 valence electrons. The molecule has 1 aromatic carbocycles. The highest BCUT2D eigenvalue weighted by atomic mass is 16.5. The van der Waals surface area contributed by atoms with Crippen LogP contribution in [0.25, 0.3) is 0 Å². The highest BCUT2D eigenvalue weighted by molar-refractivity contribution is 5.13. The van der Waals surface area contributed by atoms with Crippen molar-refractivity contribution in [3.05, 3.63) is 35.9 Å². The van der Waals surface area contributed by atoms with Gasteiger partial charge in [0.15, 0.2) is 0 Å². The standard InChI is InChI=1S/C22H38O3.4CH2O/c1-19(2)10-13-23-15-12-22(17-24-14-11-20(3)4)18-25-16-21-8-6-5-7-9-21;4*1-2/h5-9,19-20,22H,10-18H2,1-4H3;4*1H2. The van der Waals surface area contributed by atoms with E-state index in [1.54, 1.807) is 0 Å². The topological polar surface area (TPSA) is 96.0 Å². The smallest absolute Gasteiger partial charge is 0.106 e. The largest absolute Gasteiger partial charge is 0.381 e. The highest BCUT2D eigenvalue weighted by Gasteiger charge is 2.10. The summed E-state index contributed by atoms with van der Waals surface area (Å²) < 4.78 is 17.6. The molecule has 0 bridgehead atoms. The zero-order valence-corrected chi connectivity index (χ0v) is 21.2. The Labute approximate surface area is 201 Å². The molecule has 0 fully saturated rings. The first-order chi connectivity index (χ1) is 16.1. The molecule has 0 amide bonds. The quantitative estimate of drug-likeness (QED) is 0.346. The van der Waals surface area contributed by atoms with Gasteiger partial charge in [-0.15, -0.1) is 0 Å². The molecule has 7 heteroatoms. The van der Waals surface area contributed by atoms with E-state index in [0.29, 0.717) is 24.4 Å². The fourth-order valence-corrected chi connectivity index (χ4v) is 2.37. The number of ether oxygens (including phenoxy) is 3. The summed E-state index contributed by atoms with van der Waals surface area (Å²) in [6.07, 6.45) is 3.23. The molecule has 0 spiro atoms. The van der Waals surface area contributed by atoms with Crippen LogP contribution in [-0.4, -0.2) is 60.2 Å². The summed E-state index contributed by atoms with van der Waals surface area (Å²) in [5.41, 5.74) is 1.22. The molecule has 0 aliphatic carbocycles. The lowest BCUT2D eigenvalue weighted by Crippen LogP contribution is -2.19. The average Bonchev–Trinajstić information content (AvgIpc) is 2.86. The Bertz CT molecular complexity index is 461. The Morgan fingerprint density at radius 1 is 0.606 bits per heavy atom. The molecule has 0 N–H and O–H groups in total. The zero-order valence-electron chi connectivity index (χ0n) is 21.2. The Morgan fingerprint density at radius 3 is 1.52 bits per heavy atom. The van der Waals surface area contributed by atoms with Gasteiger partial charge in [0, 0.05) is 25.7 Å². The molecule has 1 aromatic rings. The predicted molar refractivity (Wildman–Crippen MR) is 133 cm³/mol. The number of hydrogen-bond acceptors (Lipinski definition) is 7. The first-order valence-corrected chi connectivity index (χ1v) is 11.0. The second-order valence-electron chi connectivity index (χ2n) is 7.71. The van der Waals surface area contributed by atoms with Crippen molar-refractivity contribution in [3.8, 4) is 0 Å². The lowest BCUT2D eigenvalue weighted by molar-refractivity contribution is -0.0987. The van der Waals surface area contributed by atoms with Gasteiger partial charge in [0.2, 0.25) is 0 Å². The molecule has 1 rings (SSSR count). The molecule has 0 saturated heterocycles. The maximum atomic E-state index is 8.00. The SMILES string of the molecule is C=O.C=O.C=O.C=O.CC(C)CCOCCC(COCCC(C)C)COCc1ccccc1. The van der Waals surface area contributed by atoms with Gasteiger partial charge < -0.3 is 33.4 Å². The maximum absolute atomic E-state index is 8.00. The van der Waals surface area contributed by atoms with Gasteiger partial charge in [-0.05, 0) is 36.7 Å². The first kappa shape index (κ1) is 38.1. The summed E-state index contributed by atoms with van der Waals surface area (Å²) >= 11 is 0. The summed E-state index contributed by atoms with van der Waals surface area (Å²) in [7, 11) is 0. The third-order valence-corrected chi connectivity index (χ3v) is 4.17. The lowest BCUT2D eigenvalue weighted by Gasteiger charge is -2.18. The lowest BCUT2D eigenvalue weighted by atomic mass is 10.1. The molecule has 0 heterocycles. The third-order valence-electron chi connectivity index (χ3n) is 4.17. The summed E-state index contributed by atoms with van der Waals surface area (Å²) in [6.45, 7) is 21.5. The number of carbonyl (C=O) groups is 4. The van der Waals surface area contributed by atoms with Crippen molar-refractivity contribution < 1.29 is 33.4 Å². The molecular weight excluding hydrogens is 424 g/mol. The third kappa shape index (κ3) is 32.0. The van der Waals surface area contributed by atoms with E-state index in [2.05, 4.69) is 39.8 Å². The van der Waals surface area contributed by atoms with Crippen LogP contribution < -0.4 is 0 Å². The molecular formula is C26H46O7. The Balaban J connectivity index is -0.000000472. The summed E-state index contributed by atoms with van der Waals surface area (Å²) in [6, 6.07) is 10.3. The predicted octanol–water partition coefficient (Wildman–Crippen LogP) is 4.60. The zero-order chi connectivity index (χ0) is 26.3. The second kappa shape index (κ2) is 34.4. The van der Waals surface area contributed by atoms with Crippen molar-refractivity contribution in [2.45, 2.75) is 53.6 Å². The van der Waals surface area contributed by atoms with E-state index in [1.807, 2.05) is 45.4 Å². The van der Waals surface area contributed by atoms with Gasteiger partial charge in [-0.3, -0.25) is 0 Å². The minimum atomic E-state index is 0.398. The van der Waals surface area contributed by atoms with E-state index < -0.39 is 0 Å². The van der Waals surface area contributed by atoms with Crippen molar-refractivity contribution in [2.24, 2.45) is 17.8 Å². The Hall–Kier alpha value is -2.22. The Kier molecular flexibility index (Phi) is 39.7. The average molecular weight is 471 g/mol. The van der Waals surface area contributed by atoms with Gasteiger partial charge in [-0.25, -0.2) is 0 Å². The maximum Gasteiger partial charge on any atom is 0.106 e. The van der Waals surface area contributed by atoms with Gasteiger partial charge in [-0.2, -0.15) is 0 Å². The van der Waals surface area contributed by atoms with Crippen molar-refractivity contribution >= 4 is 27.2 Å². The first-order valence-electron chi connectivity index (χ1n) is 11.0. The van der Waals surface area contributed by atoms with Crippen LogP contribution in [-0.2, 0) is 40.0 Å². The van der Waals surface area contributed by atoms with Gasteiger partial charge in [0.1, 0.15) is 27.2 Å². The van der Waals surface area contributed by atoms with Gasteiger partial charge >= 0.3 is 0 Å². The molecule has 33 heavy (non-hydrogen) atoms. The van der Waals surface area contributed by atoms with Crippen molar-refractivity contribution in [3.63, 3.8) is 0 Å². The van der Waals surface area contributed by atoms with Crippen LogP contribution in [0.4, 0.5) is 0 Å². The number of benzene rings is 1.